The fourth-order valence-electron chi connectivity index (χ4n) is 3.37. The lowest BCUT2D eigenvalue weighted by Crippen LogP contribution is -2.25. The van der Waals surface area contributed by atoms with Gasteiger partial charge < -0.3 is 15.0 Å². The molecule has 0 unspecified atom stereocenters. The summed E-state index contributed by atoms with van der Waals surface area (Å²) in [5.41, 5.74) is 3.46. The van der Waals surface area contributed by atoms with Crippen molar-refractivity contribution in [2.45, 2.75) is 33.2 Å². The van der Waals surface area contributed by atoms with Gasteiger partial charge in [0, 0.05) is 25.1 Å². The van der Waals surface area contributed by atoms with Crippen LogP contribution < -0.4 is 10.1 Å². The molecule has 0 aliphatic carbocycles. The third-order valence-electron chi connectivity index (χ3n) is 4.92. The molecule has 0 bridgehead atoms. The van der Waals surface area contributed by atoms with E-state index in [0.29, 0.717) is 23.5 Å². The summed E-state index contributed by atoms with van der Waals surface area (Å²) in [6, 6.07) is 15.6. The largest absolute Gasteiger partial charge is 0.573 e. The average Bonchev–Trinajstić information content (AvgIpc) is 3.01. The van der Waals surface area contributed by atoms with Crippen LogP contribution in [-0.2, 0) is 11.3 Å². The molecule has 6 nitrogen and oxygen atoms in total. The first kappa shape index (κ1) is 23.3. The van der Waals surface area contributed by atoms with Gasteiger partial charge in [0.25, 0.3) is 0 Å². The lowest BCUT2D eigenvalue weighted by Gasteiger charge is -2.19. The minimum atomic E-state index is -4.76. The number of nitrogens with zero attached hydrogens (tertiary/aromatic N) is 3. The smallest absolute Gasteiger partial charge is 0.405 e. The van der Waals surface area contributed by atoms with Gasteiger partial charge in [-0.25, -0.2) is 4.68 Å². The third kappa shape index (κ3) is 6.10. The van der Waals surface area contributed by atoms with E-state index in [0.717, 1.165) is 11.4 Å². The molecule has 1 amide bonds. The Kier molecular flexibility index (Phi) is 7.19. The molecule has 3 aromatic rings. The van der Waals surface area contributed by atoms with Crippen molar-refractivity contribution in [2.24, 2.45) is 0 Å². The van der Waals surface area contributed by atoms with Crippen molar-refractivity contribution in [3.05, 3.63) is 71.5 Å². The third-order valence-corrected chi connectivity index (χ3v) is 4.92. The molecule has 2 aromatic carbocycles. The molecule has 32 heavy (non-hydrogen) atoms. The summed E-state index contributed by atoms with van der Waals surface area (Å²) < 4.78 is 43.7. The monoisotopic (exact) mass is 446 g/mol. The van der Waals surface area contributed by atoms with E-state index in [-0.39, 0.29) is 24.6 Å². The van der Waals surface area contributed by atoms with Gasteiger partial charge in [0.2, 0.25) is 5.91 Å². The van der Waals surface area contributed by atoms with Crippen LogP contribution in [-0.4, -0.2) is 40.5 Å². The Hall–Kier alpha value is -3.33. The highest BCUT2D eigenvalue weighted by Crippen LogP contribution is 2.27. The van der Waals surface area contributed by atoms with Crippen molar-refractivity contribution in [3.8, 4) is 11.4 Å². The maximum absolute atomic E-state index is 12.6. The molecule has 3 rings (SSSR count). The predicted octanol–water partition coefficient (Wildman–Crippen LogP) is 4.85. The van der Waals surface area contributed by atoms with Crippen molar-refractivity contribution in [3.63, 3.8) is 0 Å². The molecule has 1 heterocycles. The van der Waals surface area contributed by atoms with E-state index in [2.05, 4.69) is 15.2 Å². The van der Waals surface area contributed by atoms with Gasteiger partial charge in [0.05, 0.1) is 22.8 Å². The van der Waals surface area contributed by atoms with Gasteiger partial charge in [0.1, 0.15) is 5.75 Å². The Labute approximate surface area is 184 Å². The molecule has 170 valence electrons. The minimum Gasteiger partial charge on any atom is -0.405 e. The highest BCUT2D eigenvalue weighted by atomic mass is 19.4. The van der Waals surface area contributed by atoms with Crippen LogP contribution in [0.25, 0.3) is 5.69 Å². The van der Waals surface area contributed by atoms with Crippen LogP contribution in [0.15, 0.2) is 54.6 Å². The Morgan fingerprint density at radius 2 is 1.75 bits per heavy atom. The molecule has 0 spiro atoms. The normalized spacial score (nSPS) is 11.6. The number of aryl methyl sites for hydroxylation is 1. The van der Waals surface area contributed by atoms with Crippen LogP contribution in [0.3, 0.4) is 0 Å². The summed E-state index contributed by atoms with van der Waals surface area (Å²) in [7, 11) is 1.74. The topological polar surface area (TPSA) is 59.4 Å². The number of amides is 1. The number of rotatable bonds is 8. The molecule has 0 saturated carbocycles. The highest BCUT2D eigenvalue weighted by molar-refractivity contribution is 5.92. The summed E-state index contributed by atoms with van der Waals surface area (Å²) in [4.78, 5) is 14.3. The van der Waals surface area contributed by atoms with Crippen molar-refractivity contribution in [1.82, 2.24) is 14.7 Å². The second kappa shape index (κ2) is 9.86. The van der Waals surface area contributed by atoms with Crippen molar-refractivity contribution < 1.29 is 22.7 Å². The van der Waals surface area contributed by atoms with E-state index < -0.39 is 6.36 Å². The number of hydrogen-bond acceptors (Lipinski definition) is 4. The lowest BCUT2D eigenvalue weighted by atomic mass is 10.2. The standard InChI is InChI=1S/C23H25F3N4O2/c1-16-22(17(2)30(28-16)19-10-5-4-6-11-19)27-21(31)13-14-29(3)15-18-9-7-8-12-20(18)32-23(24,25)26/h4-12H,13-15H2,1-3H3,(H,27,31). The number of nitrogens with one attached hydrogen (secondary N) is 1. The lowest BCUT2D eigenvalue weighted by molar-refractivity contribution is -0.275. The van der Waals surface area contributed by atoms with E-state index >= 15 is 0 Å². The zero-order valence-corrected chi connectivity index (χ0v) is 18.1. The second-order valence-corrected chi connectivity index (χ2v) is 7.48. The van der Waals surface area contributed by atoms with Gasteiger partial charge in [-0.1, -0.05) is 36.4 Å². The van der Waals surface area contributed by atoms with Crippen LogP contribution in [0.1, 0.15) is 23.4 Å². The molecule has 0 fully saturated rings. The van der Waals surface area contributed by atoms with Crippen LogP contribution in [0, 0.1) is 13.8 Å². The van der Waals surface area contributed by atoms with Crippen molar-refractivity contribution in [1.29, 1.82) is 0 Å². The Bertz CT molecular complexity index is 1060. The SMILES string of the molecule is Cc1nn(-c2ccccc2)c(C)c1NC(=O)CCN(C)Cc1ccccc1OC(F)(F)F. The fraction of sp³-hybridized carbons (Fsp3) is 0.304. The maximum Gasteiger partial charge on any atom is 0.573 e. The van der Waals surface area contributed by atoms with Gasteiger partial charge in [-0.2, -0.15) is 5.10 Å². The molecular weight excluding hydrogens is 421 g/mol. The highest BCUT2D eigenvalue weighted by Gasteiger charge is 2.32. The van der Waals surface area contributed by atoms with Gasteiger partial charge in [-0.05, 0) is 39.1 Å². The predicted molar refractivity (Wildman–Crippen MR) is 116 cm³/mol. The number of carbonyl (C=O) groups is 1. The number of para-hydroxylation sites is 2. The Balaban J connectivity index is 1.59. The molecule has 1 N–H and O–H groups in total. The number of hydrogen-bond donors (Lipinski definition) is 1. The number of ether oxygens (including phenoxy) is 1. The quantitative estimate of drug-likeness (QED) is 0.538. The number of benzene rings is 2. The summed E-state index contributed by atoms with van der Waals surface area (Å²) in [5.74, 6) is -0.439. The van der Waals surface area contributed by atoms with Crippen LogP contribution in [0.2, 0.25) is 0 Å². The number of alkyl halides is 3. The van der Waals surface area contributed by atoms with E-state index in [9.17, 15) is 18.0 Å². The summed E-state index contributed by atoms with van der Waals surface area (Å²) in [5, 5.41) is 7.42. The molecular formula is C23H25F3N4O2. The average molecular weight is 446 g/mol. The van der Waals surface area contributed by atoms with Gasteiger partial charge in [-0.3, -0.25) is 4.79 Å². The number of carbonyl (C=O) groups excluding carboxylic acids is 1. The van der Waals surface area contributed by atoms with E-state index in [1.54, 1.807) is 28.8 Å². The molecule has 1 aromatic heterocycles. The molecule has 0 aliphatic rings. The fourth-order valence-corrected chi connectivity index (χ4v) is 3.37. The molecule has 0 radical (unpaired) electrons. The first-order chi connectivity index (χ1) is 15.1. The van der Waals surface area contributed by atoms with Crippen molar-refractivity contribution in [2.75, 3.05) is 18.9 Å². The summed E-state index contributed by atoms with van der Waals surface area (Å²) in [6.07, 6.45) is -4.58. The maximum atomic E-state index is 12.6. The van der Waals surface area contributed by atoms with E-state index in [1.165, 1.54) is 12.1 Å². The first-order valence-corrected chi connectivity index (χ1v) is 10.1. The minimum absolute atomic E-state index is 0.175. The first-order valence-electron chi connectivity index (χ1n) is 10.1. The Morgan fingerprint density at radius 3 is 2.44 bits per heavy atom. The van der Waals surface area contributed by atoms with Gasteiger partial charge in [-0.15, -0.1) is 13.2 Å². The van der Waals surface area contributed by atoms with Gasteiger partial charge in [0.15, 0.2) is 0 Å². The molecule has 0 saturated heterocycles. The second-order valence-electron chi connectivity index (χ2n) is 7.48. The number of aromatic nitrogens is 2. The number of halogens is 3. The van der Waals surface area contributed by atoms with E-state index in [1.807, 2.05) is 44.2 Å². The van der Waals surface area contributed by atoms with Crippen molar-refractivity contribution >= 4 is 11.6 Å². The number of anilines is 1. The zero-order valence-electron chi connectivity index (χ0n) is 18.1. The van der Waals surface area contributed by atoms with E-state index in [4.69, 9.17) is 0 Å². The molecule has 0 atom stereocenters. The van der Waals surface area contributed by atoms with Crippen LogP contribution in [0.5, 0.6) is 5.75 Å². The molecule has 9 heteroatoms. The summed E-state index contributed by atoms with van der Waals surface area (Å²) >= 11 is 0. The summed E-state index contributed by atoms with van der Waals surface area (Å²) in [6.45, 7) is 4.28. The molecule has 0 aliphatic heterocycles. The van der Waals surface area contributed by atoms with Crippen LogP contribution >= 0.6 is 0 Å². The zero-order chi connectivity index (χ0) is 23.3. The van der Waals surface area contributed by atoms with Gasteiger partial charge >= 0.3 is 6.36 Å². The Morgan fingerprint density at radius 1 is 1.09 bits per heavy atom. The van der Waals surface area contributed by atoms with Crippen LogP contribution in [0.4, 0.5) is 18.9 Å².